The van der Waals surface area contributed by atoms with Crippen LogP contribution >= 0.6 is 0 Å². The Balaban J connectivity index is -0.000000295. The van der Waals surface area contributed by atoms with E-state index in [9.17, 15) is 0 Å². The van der Waals surface area contributed by atoms with E-state index in [4.69, 9.17) is 16.4 Å². The summed E-state index contributed by atoms with van der Waals surface area (Å²) in [6.07, 6.45) is 0. The molecule has 0 N–H and O–H groups in total. The van der Waals surface area contributed by atoms with Crippen molar-refractivity contribution >= 4 is 13.4 Å². The van der Waals surface area contributed by atoms with E-state index in [1.807, 2.05) is 0 Å². The van der Waals surface area contributed by atoms with E-state index in [0.29, 0.717) is 0 Å². The van der Waals surface area contributed by atoms with Crippen LogP contribution in [0.2, 0.25) is 40.7 Å². The number of hydrogen-bond donors (Lipinski definition) is 0. The van der Waals surface area contributed by atoms with Gasteiger partial charge in [0, 0.05) is 49.2 Å². The van der Waals surface area contributed by atoms with Gasteiger partial charge in [-0.2, -0.15) is 0 Å². The third-order valence-electron chi connectivity index (χ3n) is 0. The van der Waals surface area contributed by atoms with Crippen LogP contribution in [0.15, 0.2) is 0 Å². The van der Waals surface area contributed by atoms with Gasteiger partial charge in [-0.05, 0) is 0 Å². The average Bonchev–Trinajstić information content (AvgIpc) is 2.12. The van der Waals surface area contributed by atoms with Crippen LogP contribution in [0.3, 0.4) is 0 Å². The molecule has 0 aromatic rings. The predicted octanol–water partition coefficient (Wildman–Crippen LogP) is 2.74. The molecule has 0 unspecified atom stereocenters. The SMILES string of the molecule is [3H]C([3H])B(C([3H])[3H])C([3H])[3H].[3H]C([3H])B(C([3H])[3H])C([3H])[3H].[Y]. The Kier molecular flexibility index (Phi) is 3.14. The summed E-state index contributed by atoms with van der Waals surface area (Å²) >= 11 is 0. The second-order valence-corrected chi connectivity index (χ2v) is 1.15. The normalized spacial score (nSPS) is 27.3. The third-order valence-corrected chi connectivity index (χ3v) is 0. The van der Waals surface area contributed by atoms with Crippen LogP contribution < -0.4 is 0 Å². The summed E-state index contributed by atoms with van der Waals surface area (Å²) < 4.78 is 81.4. The van der Waals surface area contributed by atoms with E-state index >= 15 is 0 Å². The van der Waals surface area contributed by atoms with Crippen molar-refractivity contribution in [3.63, 3.8) is 0 Å². The van der Waals surface area contributed by atoms with Crippen molar-refractivity contribution in [2.75, 3.05) is 0 Å². The maximum atomic E-state index is 6.78. The molecule has 0 saturated carbocycles. The first-order chi connectivity index (χ1) is 8.93. The Bertz CT molecular complexity index is 178. The minimum Gasteiger partial charge on any atom is -0.0865 e. The van der Waals surface area contributed by atoms with Crippen LogP contribution in [0.5, 0.6) is 0 Å². The molecule has 0 aromatic carbocycles. The van der Waals surface area contributed by atoms with Gasteiger partial charge >= 0.3 is 0 Å². The molecule has 0 bridgehead atoms. The van der Waals surface area contributed by atoms with Gasteiger partial charge in [-0.3, -0.25) is 0 Å². The number of rotatable bonds is 0. The van der Waals surface area contributed by atoms with Crippen molar-refractivity contribution < 1.29 is 49.2 Å². The smallest absolute Gasteiger partial charge is 0.0865 e. The molecule has 0 aliphatic rings. The molecule has 3 heteroatoms. The van der Waals surface area contributed by atoms with Gasteiger partial charge in [-0.25, -0.2) is 0 Å². The molecule has 0 heterocycles. The zero-order valence-electron chi connectivity index (χ0n) is 17.2. The Morgan fingerprint density at radius 3 is 1.00 bits per heavy atom. The van der Waals surface area contributed by atoms with Crippen molar-refractivity contribution in [2.24, 2.45) is 0 Å². The molecule has 1 radical (unpaired) electrons. The Morgan fingerprint density at radius 1 is 0.778 bits per heavy atom. The minimum atomic E-state index is -1.42. The van der Waals surface area contributed by atoms with E-state index in [-0.39, 0.29) is 32.7 Å². The summed E-state index contributed by atoms with van der Waals surface area (Å²) in [5.74, 6) is 0. The second-order valence-electron chi connectivity index (χ2n) is 1.15. The van der Waals surface area contributed by atoms with Gasteiger partial charge in [0.05, 0.1) is 0 Å². The summed E-state index contributed by atoms with van der Waals surface area (Å²) in [6, 6.07) is 0. The molecule has 0 aliphatic carbocycles. The van der Waals surface area contributed by atoms with Gasteiger partial charge in [0.2, 0.25) is 0 Å². The van der Waals surface area contributed by atoms with E-state index in [1.165, 1.54) is 0 Å². The molecule has 0 spiro atoms. The summed E-state index contributed by atoms with van der Waals surface area (Å²) in [7, 11) is 0. The van der Waals surface area contributed by atoms with Gasteiger partial charge in [-0.15, -0.1) is 0 Å². The number of hydrogen-bond acceptors (Lipinski definition) is 0. The standard InChI is InChI=1S/2C3H9B.Y/c2*1-4(2)3;/h2*1-3H3;/i2*1T2,2T2,3T2;. The molecular formula is C6H18B2Y. The largest absolute Gasteiger partial charge is 0.130 e. The van der Waals surface area contributed by atoms with Crippen LogP contribution in [0, 0.1) is 0 Å². The average molecular weight is 225 g/mol. The molecule has 0 amide bonds. The van der Waals surface area contributed by atoms with Crippen molar-refractivity contribution in [1.29, 1.82) is 0 Å². The molecule has 0 atom stereocenters. The molecule has 0 fully saturated rings. The van der Waals surface area contributed by atoms with E-state index < -0.39 is 54.1 Å². The summed E-state index contributed by atoms with van der Waals surface area (Å²) in [4.78, 5) is 0. The quantitative estimate of drug-likeness (QED) is 0.556. The van der Waals surface area contributed by atoms with E-state index in [2.05, 4.69) is 0 Å². The maximum absolute atomic E-state index is 6.78. The first kappa shape index (κ1) is 2.36. The Hall–Kier alpha value is 1.23. The van der Waals surface area contributed by atoms with Crippen LogP contribution in [0.25, 0.3) is 0 Å². The fourth-order valence-electron chi connectivity index (χ4n) is 0. The monoisotopic (exact) mass is 225 g/mol. The molecule has 0 nitrogen and oxygen atoms in total. The second kappa shape index (κ2) is 12.0. The van der Waals surface area contributed by atoms with Crippen molar-refractivity contribution in [2.45, 2.75) is 40.7 Å². The van der Waals surface area contributed by atoms with Crippen molar-refractivity contribution in [3.05, 3.63) is 0 Å². The first-order valence-corrected chi connectivity index (χ1v) is 2.00. The molecule has 0 rings (SSSR count). The molecule has 51 valence electrons. The van der Waals surface area contributed by atoms with Crippen LogP contribution in [0.1, 0.15) is 16.4 Å². The van der Waals surface area contributed by atoms with Gasteiger partial charge in [0.1, 0.15) is 13.4 Å². The Morgan fingerprint density at radius 2 is 1.00 bits per heavy atom. The molecule has 0 aromatic heterocycles. The first-order valence-electron chi connectivity index (χ1n) is 8.93. The summed E-state index contributed by atoms with van der Waals surface area (Å²) in [5.41, 5.74) is 0. The molecular weight excluding hydrogens is 183 g/mol. The van der Waals surface area contributed by atoms with Crippen LogP contribution in [-0.4, -0.2) is 13.4 Å². The zero-order valence-corrected chi connectivity index (χ0v) is 8.03. The zero-order chi connectivity index (χ0) is 16.6. The minimum absolute atomic E-state index is 0. The van der Waals surface area contributed by atoms with Crippen LogP contribution in [0.4, 0.5) is 0 Å². The fourth-order valence-corrected chi connectivity index (χ4v) is 0. The topological polar surface area (TPSA) is 0 Å². The van der Waals surface area contributed by atoms with Gasteiger partial charge in [0.15, 0.2) is 0 Å². The molecule has 0 saturated heterocycles. The fraction of sp³-hybridized carbons (Fsp3) is 1.00. The predicted molar refractivity (Wildman–Crippen MR) is 46.7 cm³/mol. The molecule has 9 heavy (non-hydrogen) atoms. The van der Waals surface area contributed by atoms with Gasteiger partial charge in [-0.1, -0.05) is 40.7 Å². The van der Waals surface area contributed by atoms with Crippen molar-refractivity contribution in [1.82, 2.24) is 0 Å². The maximum Gasteiger partial charge on any atom is 0.130 e. The Labute approximate surface area is 103 Å². The van der Waals surface area contributed by atoms with Crippen molar-refractivity contribution in [3.8, 4) is 0 Å². The molecule has 0 aliphatic heterocycles. The summed E-state index contributed by atoms with van der Waals surface area (Å²) in [5, 5.41) is 0. The van der Waals surface area contributed by atoms with Gasteiger partial charge < -0.3 is 0 Å². The van der Waals surface area contributed by atoms with Crippen LogP contribution in [-0.2, 0) is 32.7 Å². The third kappa shape index (κ3) is 317. The van der Waals surface area contributed by atoms with E-state index in [1.54, 1.807) is 0 Å². The van der Waals surface area contributed by atoms with Gasteiger partial charge in [0.25, 0.3) is 0 Å². The van der Waals surface area contributed by atoms with E-state index in [0.717, 1.165) is 0 Å². The summed E-state index contributed by atoms with van der Waals surface area (Å²) in [6.45, 7) is -10.7.